The van der Waals surface area contributed by atoms with Gasteiger partial charge in [-0.3, -0.25) is 9.36 Å². The predicted octanol–water partition coefficient (Wildman–Crippen LogP) is 3.15. The highest BCUT2D eigenvalue weighted by Crippen LogP contribution is 2.40. The van der Waals surface area contributed by atoms with E-state index in [0.29, 0.717) is 6.42 Å². The molecular weight excluding hydrogens is 335 g/mol. The van der Waals surface area contributed by atoms with Crippen molar-refractivity contribution in [3.05, 3.63) is 0 Å². The van der Waals surface area contributed by atoms with Crippen LogP contribution in [0.3, 0.4) is 0 Å². The second-order valence-corrected chi connectivity index (χ2v) is 8.73. The minimum Gasteiger partial charge on any atom is -0.466 e. The van der Waals surface area contributed by atoms with E-state index in [4.69, 9.17) is 14.2 Å². The van der Waals surface area contributed by atoms with Crippen molar-refractivity contribution < 1.29 is 23.5 Å². The first-order valence-corrected chi connectivity index (χ1v) is 8.26. The lowest BCUT2D eigenvalue weighted by Gasteiger charge is -2.36. The van der Waals surface area contributed by atoms with Gasteiger partial charge in [-0.25, -0.2) is 0 Å². The lowest BCUT2D eigenvalue weighted by molar-refractivity contribution is -0.154. The molecule has 0 aliphatic carbocycles. The molecule has 2 unspecified atom stereocenters. The second kappa shape index (κ2) is 7.77. The Morgan fingerprint density at radius 2 is 1.89 bits per heavy atom. The van der Waals surface area contributed by atoms with E-state index in [0.717, 1.165) is 0 Å². The maximum atomic E-state index is 12.0. The predicted molar refractivity (Wildman–Crippen MR) is 78.7 cm³/mol. The fraction of sp³-hybridized carbons (Fsp3) is 0.917. The highest BCUT2D eigenvalue weighted by molar-refractivity contribution is 9.10. The van der Waals surface area contributed by atoms with Gasteiger partial charge in [0, 0.05) is 4.32 Å². The molecule has 0 aliphatic rings. The molecule has 0 aromatic rings. The van der Waals surface area contributed by atoms with Crippen molar-refractivity contribution in [2.24, 2.45) is 11.3 Å². The van der Waals surface area contributed by atoms with Crippen LogP contribution in [0.1, 0.15) is 41.0 Å². The van der Waals surface area contributed by atoms with Crippen molar-refractivity contribution >= 4 is 30.2 Å². The molecule has 19 heavy (non-hydrogen) atoms. The fourth-order valence-electron chi connectivity index (χ4n) is 2.22. The molecule has 0 heterocycles. The molecule has 0 fully saturated rings. The molecule has 0 bridgehead atoms. The monoisotopic (exact) mass is 358 g/mol. The summed E-state index contributed by atoms with van der Waals surface area (Å²) in [5.74, 6) is -0.974. The van der Waals surface area contributed by atoms with Gasteiger partial charge in [0.2, 0.25) is 0 Å². The summed E-state index contributed by atoms with van der Waals surface area (Å²) >= 11 is 3.55. The minimum atomic E-state index is -3.05. The van der Waals surface area contributed by atoms with E-state index in [9.17, 15) is 9.36 Å². The Hall–Kier alpha value is 0.1000. The van der Waals surface area contributed by atoms with E-state index in [1.807, 2.05) is 27.7 Å². The summed E-state index contributed by atoms with van der Waals surface area (Å²) in [4.78, 5) is 20.8. The summed E-state index contributed by atoms with van der Waals surface area (Å²) in [5, 5.41) is 0. The van der Waals surface area contributed by atoms with Crippen molar-refractivity contribution in [1.29, 1.82) is 0 Å². The largest absolute Gasteiger partial charge is 0.466 e. The van der Waals surface area contributed by atoms with Crippen LogP contribution >= 0.6 is 24.2 Å². The van der Waals surface area contributed by atoms with Gasteiger partial charge in [0.15, 0.2) is 0 Å². The van der Waals surface area contributed by atoms with E-state index < -0.39 is 25.6 Å². The molecule has 0 radical (unpaired) electrons. The minimum absolute atomic E-state index is 0.108. The first-order chi connectivity index (χ1) is 8.49. The number of halogens is 1. The quantitative estimate of drug-likeness (QED) is 0.410. The van der Waals surface area contributed by atoms with E-state index in [2.05, 4.69) is 15.9 Å². The summed E-state index contributed by atoms with van der Waals surface area (Å²) in [5.41, 5.74) is -0.420. The molecule has 0 rings (SSSR count). The highest BCUT2D eigenvalue weighted by atomic mass is 79.9. The van der Waals surface area contributed by atoms with Crippen LogP contribution in [0.25, 0.3) is 0 Å². The second-order valence-electron chi connectivity index (χ2n) is 5.77. The number of alkyl halides is 1. The van der Waals surface area contributed by atoms with Gasteiger partial charge < -0.3 is 14.2 Å². The average Bonchev–Trinajstić information content (AvgIpc) is 2.12. The van der Waals surface area contributed by atoms with Gasteiger partial charge in [-0.05, 0) is 18.8 Å². The van der Waals surface area contributed by atoms with Crippen molar-refractivity contribution in [1.82, 2.24) is 0 Å². The Labute approximate surface area is 124 Å². The van der Waals surface area contributed by atoms with Crippen molar-refractivity contribution in [2.45, 2.75) is 45.4 Å². The zero-order chi connectivity index (χ0) is 15.3. The van der Waals surface area contributed by atoms with Gasteiger partial charge in [-0.1, -0.05) is 43.6 Å². The summed E-state index contributed by atoms with van der Waals surface area (Å²) in [6, 6.07) is 0. The fourth-order valence-corrected chi connectivity index (χ4v) is 3.25. The molecule has 0 aromatic heterocycles. The standard InChI is InChI=1S/C12H24BrO5P/c1-6-17-10(14)9(7-18-19(15)16)11(2,3)8-12(4,5)13/h9,19H,6-8H2,1-5H3,(H,15,16). The first kappa shape index (κ1) is 19.1. The number of carbonyl (C=O) groups excluding carboxylic acids is 1. The van der Waals surface area contributed by atoms with Crippen LogP contribution in [0, 0.1) is 11.3 Å². The van der Waals surface area contributed by atoms with Gasteiger partial charge in [0.25, 0.3) is 0 Å². The summed E-state index contributed by atoms with van der Waals surface area (Å²) in [7, 11) is -3.05. The van der Waals surface area contributed by atoms with Crippen LogP contribution in [0.15, 0.2) is 0 Å². The SMILES string of the molecule is CCOC(=O)C(CO[PH](=O)O)C(C)(C)CC(C)(C)Br. The zero-order valence-corrected chi connectivity index (χ0v) is 14.7. The molecule has 0 saturated carbocycles. The molecule has 0 amide bonds. The molecular formula is C12H24BrO5P. The van der Waals surface area contributed by atoms with Gasteiger partial charge in [-0.2, -0.15) is 0 Å². The highest BCUT2D eigenvalue weighted by Gasteiger charge is 2.40. The first-order valence-electron chi connectivity index (χ1n) is 6.21. The summed E-state index contributed by atoms with van der Waals surface area (Å²) in [6.45, 7) is 9.76. The lowest BCUT2D eigenvalue weighted by atomic mass is 9.73. The van der Waals surface area contributed by atoms with Crippen LogP contribution in [0.5, 0.6) is 0 Å². The normalized spacial score (nSPS) is 15.9. The zero-order valence-electron chi connectivity index (χ0n) is 12.2. The Kier molecular flexibility index (Phi) is 7.81. The smallest absolute Gasteiger partial charge is 0.316 e. The third-order valence-electron chi connectivity index (χ3n) is 2.76. The van der Waals surface area contributed by atoms with Crippen molar-refractivity contribution in [2.75, 3.05) is 13.2 Å². The summed E-state index contributed by atoms with van der Waals surface area (Å²) < 4.78 is 20.3. The Balaban J connectivity index is 4.98. The summed E-state index contributed by atoms with van der Waals surface area (Å²) in [6.07, 6.45) is 0.694. The van der Waals surface area contributed by atoms with E-state index in [1.54, 1.807) is 6.92 Å². The van der Waals surface area contributed by atoms with Crippen molar-refractivity contribution in [3.8, 4) is 0 Å². The molecule has 0 spiro atoms. The number of esters is 1. The van der Waals surface area contributed by atoms with Gasteiger partial charge in [0.05, 0.1) is 19.1 Å². The molecule has 1 N–H and O–H groups in total. The number of rotatable bonds is 8. The number of carbonyl (C=O) groups is 1. The van der Waals surface area contributed by atoms with Crippen LogP contribution < -0.4 is 0 Å². The molecule has 0 saturated heterocycles. The van der Waals surface area contributed by atoms with E-state index in [-0.39, 0.29) is 17.5 Å². The van der Waals surface area contributed by atoms with Crippen LogP contribution in [0.4, 0.5) is 0 Å². The number of hydrogen-bond acceptors (Lipinski definition) is 4. The Bertz CT molecular complexity index is 325. The Morgan fingerprint density at radius 1 is 1.37 bits per heavy atom. The maximum Gasteiger partial charge on any atom is 0.316 e. The molecule has 2 atom stereocenters. The van der Waals surface area contributed by atoms with Gasteiger partial charge in [0.1, 0.15) is 0 Å². The topological polar surface area (TPSA) is 72.8 Å². The molecule has 114 valence electrons. The van der Waals surface area contributed by atoms with E-state index in [1.165, 1.54) is 0 Å². The molecule has 0 aromatic carbocycles. The third kappa shape index (κ3) is 8.08. The molecule has 0 aliphatic heterocycles. The van der Waals surface area contributed by atoms with Crippen LogP contribution in [-0.2, 0) is 18.6 Å². The molecule has 5 nitrogen and oxygen atoms in total. The number of ether oxygens (including phenoxy) is 1. The number of hydrogen-bond donors (Lipinski definition) is 1. The Morgan fingerprint density at radius 3 is 2.26 bits per heavy atom. The van der Waals surface area contributed by atoms with Crippen LogP contribution in [0.2, 0.25) is 0 Å². The maximum absolute atomic E-state index is 12.0. The van der Waals surface area contributed by atoms with Gasteiger partial charge >= 0.3 is 14.2 Å². The van der Waals surface area contributed by atoms with Crippen molar-refractivity contribution in [3.63, 3.8) is 0 Å². The molecule has 7 heteroatoms. The van der Waals surface area contributed by atoms with Crippen LogP contribution in [-0.4, -0.2) is 28.4 Å². The van der Waals surface area contributed by atoms with E-state index >= 15 is 0 Å². The average molecular weight is 359 g/mol. The third-order valence-corrected chi connectivity index (χ3v) is 3.46. The van der Waals surface area contributed by atoms with Gasteiger partial charge in [-0.15, -0.1) is 0 Å². The lowest BCUT2D eigenvalue weighted by Crippen LogP contribution is -2.39.